The van der Waals surface area contributed by atoms with Crippen molar-refractivity contribution in [3.05, 3.63) is 131 Å². The van der Waals surface area contributed by atoms with Gasteiger partial charge in [-0.05, 0) is 48.4 Å². The van der Waals surface area contributed by atoms with Crippen LogP contribution in [0.5, 0.6) is 17.2 Å². The third-order valence-corrected chi connectivity index (χ3v) is 7.89. The summed E-state index contributed by atoms with van der Waals surface area (Å²) in [5.41, 5.74) is 2.23. The van der Waals surface area contributed by atoms with Crippen molar-refractivity contribution >= 4 is 21.9 Å². The first-order valence-corrected chi connectivity index (χ1v) is 14.6. The summed E-state index contributed by atoms with van der Waals surface area (Å²) in [7, 11) is -3.33. The van der Waals surface area contributed by atoms with Crippen LogP contribution in [-0.2, 0) is 31.7 Å². The summed E-state index contributed by atoms with van der Waals surface area (Å²) in [5.74, 6) is 0.488. The molecule has 8 nitrogen and oxygen atoms in total. The van der Waals surface area contributed by atoms with E-state index in [0.717, 1.165) is 22.9 Å². The maximum atomic E-state index is 13.1. The van der Waals surface area contributed by atoms with Gasteiger partial charge in [0.1, 0.15) is 34.0 Å². The van der Waals surface area contributed by atoms with Gasteiger partial charge in [0.05, 0.1) is 12.0 Å². The van der Waals surface area contributed by atoms with Crippen molar-refractivity contribution in [2.75, 3.05) is 7.11 Å². The Morgan fingerprint density at radius 2 is 1.42 bits per heavy atom. The van der Waals surface area contributed by atoms with Gasteiger partial charge in [0.2, 0.25) is 0 Å². The second-order valence-electron chi connectivity index (χ2n) is 10.4. The predicted molar refractivity (Wildman–Crippen MR) is 159 cm³/mol. The number of ketones is 1. The van der Waals surface area contributed by atoms with Gasteiger partial charge in [0.15, 0.2) is 0 Å². The molecule has 0 aliphatic heterocycles. The minimum absolute atomic E-state index is 0. The molecule has 0 atom stereocenters. The van der Waals surface area contributed by atoms with Gasteiger partial charge in [-0.3, -0.25) is 0 Å². The Morgan fingerprint density at radius 3 is 1.91 bits per heavy atom. The van der Waals surface area contributed by atoms with E-state index in [1.54, 1.807) is 13.2 Å². The number of hydrogen-bond donors (Lipinski definition) is 0. The van der Waals surface area contributed by atoms with Crippen molar-refractivity contribution in [2.24, 2.45) is 0 Å². The normalized spacial score (nSPS) is 11.0. The van der Waals surface area contributed by atoms with Crippen molar-refractivity contribution in [3.63, 3.8) is 0 Å². The van der Waals surface area contributed by atoms with Gasteiger partial charge >= 0.3 is 65.1 Å². The van der Waals surface area contributed by atoms with E-state index in [0.29, 0.717) is 11.5 Å². The topological polar surface area (TPSA) is 119 Å². The van der Waals surface area contributed by atoms with E-state index in [1.165, 1.54) is 31.2 Å². The standard InChI is InChI=1S/C34H31O8S.2Na/c1-22(2)33(36)41-21-25-7-6-24(20-31(25)43(37,38)39)32(35)23-8-14-29(15-9-23)42-30-18-12-27(13-19-30)34(3,4)26-10-16-28(40-5)17-11-26;;/h6-14,16-20H,1,21H2,2-5H3,(H,37,38,39);;/q-1;2*+1/p-1. The molecule has 4 aromatic rings. The van der Waals surface area contributed by atoms with E-state index in [9.17, 15) is 22.6 Å². The molecule has 0 heterocycles. The smallest absolute Gasteiger partial charge is 0.744 e. The Morgan fingerprint density at radius 1 is 0.867 bits per heavy atom. The zero-order chi connectivity index (χ0) is 31.4. The second kappa shape index (κ2) is 16.2. The molecule has 0 aliphatic carbocycles. The first-order chi connectivity index (χ1) is 20.3. The number of carbonyl (C=O) groups excluding carboxylic acids is 2. The summed E-state index contributed by atoms with van der Waals surface area (Å²) in [6.07, 6.45) is 0. The van der Waals surface area contributed by atoms with Crippen LogP contribution in [0, 0.1) is 6.07 Å². The largest absolute Gasteiger partial charge is 1.00 e. The fourth-order valence-corrected chi connectivity index (χ4v) is 5.06. The maximum absolute atomic E-state index is 13.1. The zero-order valence-corrected chi connectivity index (χ0v) is 31.0. The molecule has 0 N–H and O–H groups in total. The van der Waals surface area contributed by atoms with Crippen LogP contribution in [0.3, 0.4) is 0 Å². The third kappa shape index (κ3) is 9.64. The zero-order valence-electron chi connectivity index (χ0n) is 26.2. The van der Waals surface area contributed by atoms with Crippen molar-refractivity contribution in [2.45, 2.75) is 37.7 Å². The van der Waals surface area contributed by atoms with Crippen LogP contribution in [0.2, 0.25) is 0 Å². The monoisotopic (exact) mass is 644 g/mol. The van der Waals surface area contributed by atoms with Crippen LogP contribution in [0.15, 0.2) is 102 Å². The Labute approximate surface area is 308 Å². The van der Waals surface area contributed by atoms with Gasteiger partial charge in [-0.1, -0.05) is 62.4 Å². The van der Waals surface area contributed by atoms with Crippen LogP contribution >= 0.6 is 0 Å². The molecule has 11 heteroatoms. The number of rotatable bonds is 11. The molecule has 0 fully saturated rings. The van der Waals surface area contributed by atoms with Crippen molar-refractivity contribution in [1.29, 1.82) is 0 Å². The molecular formula is C34H30Na2O8S. The summed E-state index contributed by atoms with van der Waals surface area (Å²) >= 11 is 0. The Balaban J connectivity index is 0.00000353. The van der Waals surface area contributed by atoms with Crippen LogP contribution in [-0.4, -0.2) is 31.8 Å². The Kier molecular flexibility index (Phi) is 13.8. The van der Waals surface area contributed by atoms with Crippen LogP contribution in [0.25, 0.3) is 0 Å². The quantitative estimate of drug-likeness (QED) is 0.0575. The van der Waals surface area contributed by atoms with E-state index in [2.05, 4.69) is 26.5 Å². The summed E-state index contributed by atoms with van der Waals surface area (Å²) in [6, 6.07) is 26.7. The summed E-state index contributed by atoms with van der Waals surface area (Å²) in [6.45, 7) is 8.69. The fourth-order valence-electron chi connectivity index (χ4n) is 4.34. The van der Waals surface area contributed by atoms with E-state index >= 15 is 0 Å². The fraction of sp³-hybridized carbons (Fsp3) is 0.176. The average molecular weight is 645 g/mol. The molecule has 45 heavy (non-hydrogen) atoms. The summed E-state index contributed by atoms with van der Waals surface area (Å²) in [5, 5.41) is 0. The van der Waals surface area contributed by atoms with Crippen molar-refractivity contribution < 1.29 is 95.9 Å². The summed E-state index contributed by atoms with van der Waals surface area (Å²) < 4.78 is 51.8. The molecule has 0 bridgehead atoms. The number of methoxy groups -OCH3 is 1. The SMILES string of the molecule is C=C(C)C(=O)OCc1ccc(C(=O)c2c[c-]c(Oc3ccc(C(C)(C)c4ccc(OC)cc4)cc3)cc2)cc1S(=O)(=O)[O-].[Na+].[Na+]. The number of carbonyl (C=O) groups is 2. The molecule has 0 amide bonds. The first kappa shape index (κ1) is 38.5. The predicted octanol–water partition coefficient (Wildman–Crippen LogP) is 0.376. The molecule has 4 rings (SSSR count). The van der Waals surface area contributed by atoms with Gasteiger partial charge < -0.3 is 23.6 Å². The molecule has 0 saturated carbocycles. The number of esters is 1. The van der Waals surface area contributed by atoms with Gasteiger partial charge in [0, 0.05) is 27.9 Å². The van der Waals surface area contributed by atoms with Gasteiger partial charge in [-0.2, -0.15) is 12.1 Å². The third-order valence-electron chi connectivity index (χ3n) is 6.97. The summed E-state index contributed by atoms with van der Waals surface area (Å²) in [4.78, 5) is 24.1. The van der Waals surface area contributed by atoms with E-state index in [-0.39, 0.29) is 86.8 Å². The molecule has 0 aliphatic rings. The average Bonchev–Trinajstić information content (AvgIpc) is 2.99. The maximum Gasteiger partial charge on any atom is 1.00 e. The minimum Gasteiger partial charge on any atom is -0.744 e. The first-order valence-electron chi connectivity index (χ1n) is 13.2. The van der Waals surface area contributed by atoms with Crippen LogP contribution < -0.4 is 68.6 Å². The molecule has 0 radical (unpaired) electrons. The number of hydrogen-bond acceptors (Lipinski definition) is 8. The minimum atomic E-state index is -4.96. The van der Waals surface area contributed by atoms with E-state index in [4.69, 9.17) is 14.2 Å². The molecule has 0 unspecified atom stereocenters. The van der Waals surface area contributed by atoms with Crippen molar-refractivity contribution in [1.82, 2.24) is 0 Å². The van der Waals surface area contributed by atoms with Crippen LogP contribution in [0.1, 0.15) is 53.4 Å². The van der Waals surface area contributed by atoms with Crippen LogP contribution in [0.4, 0.5) is 0 Å². The van der Waals surface area contributed by atoms with Gasteiger partial charge in [0.25, 0.3) is 0 Å². The molecule has 4 aromatic carbocycles. The molecule has 0 aromatic heterocycles. The van der Waals surface area contributed by atoms with Gasteiger partial charge in [-0.25, -0.2) is 13.2 Å². The molecule has 222 valence electrons. The Hall–Kier alpha value is -2.73. The Bertz CT molecular complexity index is 1760. The van der Waals surface area contributed by atoms with E-state index in [1.807, 2.05) is 48.5 Å². The molecule has 0 saturated heterocycles. The van der Waals surface area contributed by atoms with Crippen molar-refractivity contribution in [3.8, 4) is 17.2 Å². The second-order valence-corrected chi connectivity index (χ2v) is 11.7. The van der Waals surface area contributed by atoms with E-state index < -0.39 is 33.4 Å². The number of benzene rings is 4. The number of ether oxygens (including phenoxy) is 3. The molecule has 0 spiro atoms. The molecular weight excluding hydrogens is 614 g/mol. The van der Waals surface area contributed by atoms with Gasteiger partial charge in [-0.15, -0.1) is 12.1 Å².